The summed E-state index contributed by atoms with van der Waals surface area (Å²) in [6.45, 7) is 7.97. The molecule has 0 bridgehead atoms. The van der Waals surface area contributed by atoms with E-state index in [1.165, 1.54) is 18.2 Å². The molecule has 1 aromatic heterocycles. The highest BCUT2D eigenvalue weighted by Crippen LogP contribution is 2.27. The third kappa shape index (κ3) is 4.33. The molecule has 1 amide bonds. The van der Waals surface area contributed by atoms with Gasteiger partial charge in [0, 0.05) is 18.1 Å². The van der Waals surface area contributed by atoms with Crippen LogP contribution in [0.1, 0.15) is 27.2 Å². The van der Waals surface area contributed by atoms with E-state index in [9.17, 15) is 4.79 Å². The number of benzene rings is 1. The van der Waals surface area contributed by atoms with E-state index in [1.54, 1.807) is 16.8 Å². The third-order valence-electron chi connectivity index (χ3n) is 4.30. The minimum atomic E-state index is -0.249. The van der Waals surface area contributed by atoms with Crippen LogP contribution in [0.4, 0.5) is 0 Å². The van der Waals surface area contributed by atoms with Gasteiger partial charge in [0.1, 0.15) is 0 Å². The van der Waals surface area contributed by atoms with Crippen molar-refractivity contribution in [1.29, 1.82) is 0 Å². The summed E-state index contributed by atoms with van der Waals surface area (Å²) in [5, 5.41) is 12.8. The Bertz CT molecular complexity index is 742. The number of carbonyl (C=O) groups is 1. The highest BCUT2D eigenvalue weighted by atomic mass is 35.5. The molecule has 1 aliphatic heterocycles. The molecule has 1 fully saturated rings. The topological polar surface area (TPSA) is 63.9 Å². The Labute approximate surface area is 156 Å². The molecule has 0 radical (unpaired) electrons. The lowest BCUT2D eigenvalue weighted by molar-refractivity contribution is -0.132. The molecule has 6 nitrogen and oxygen atoms in total. The van der Waals surface area contributed by atoms with Crippen molar-refractivity contribution < 1.29 is 4.79 Å². The highest BCUT2D eigenvalue weighted by molar-refractivity contribution is 8.00. The normalized spacial score (nSPS) is 22.0. The molecule has 134 valence electrons. The number of nitrogens with zero attached hydrogens (tertiary/aromatic N) is 5. The largest absolute Gasteiger partial charge is 0.341 e. The molecule has 0 spiro atoms. The van der Waals surface area contributed by atoms with Crippen LogP contribution < -0.4 is 0 Å². The van der Waals surface area contributed by atoms with Crippen molar-refractivity contribution in [2.45, 2.75) is 37.6 Å². The Morgan fingerprint density at radius 2 is 2.04 bits per heavy atom. The summed E-state index contributed by atoms with van der Waals surface area (Å²) in [4.78, 5) is 14.8. The Hall–Kier alpha value is -1.60. The monoisotopic (exact) mass is 379 g/mol. The summed E-state index contributed by atoms with van der Waals surface area (Å²) in [7, 11) is 0. The molecule has 0 saturated carbocycles. The van der Waals surface area contributed by atoms with Crippen LogP contribution in [0, 0.1) is 11.8 Å². The van der Waals surface area contributed by atoms with Gasteiger partial charge >= 0.3 is 0 Å². The van der Waals surface area contributed by atoms with Crippen LogP contribution >= 0.6 is 23.4 Å². The van der Waals surface area contributed by atoms with Gasteiger partial charge in [0.05, 0.1) is 10.9 Å². The molecule has 1 aliphatic rings. The Balaban J connectivity index is 1.72. The average molecular weight is 380 g/mol. The quantitative estimate of drug-likeness (QED) is 0.762. The van der Waals surface area contributed by atoms with Crippen LogP contribution in [0.25, 0.3) is 5.69 Å². The number of hydrogen-bond acceptors (Lipinski definition) is 5. The number of amides is 1. The Kier molecular flexibility index (Phi) is 5.64. The second-order valence-corrected chi connectivity index (χ2v) is 8.55. The number of thioether (sulfide) groups is 1. The van der Waals surface area contributed by atoms with Crippen LogP contribution in [-0.2, 0) is 4.79 Å². The first-order valence-corrected chi connectivity index (χ1v) is 9.69. The van der Waals surface area contributed by atoms with Crippen LogP contribution in [0.2, 0.25) is 5.02 Å². The summed E-state index contributed by atoms with van der Waals surface area (Å²) in [5.41, 5.74) is 0.778. The summed E-state index contributed by atoms with van der Waals surface area (Å²) >= 11 is 7.42. The van der Waals surface area contributed by atoms with Crippen molar-refractivity contribution >= 4 is 29.3 Å². The lowest BCUT2D eigenvalue weighted by Gasteiger charge is -2.36. The molecule has 1 aromatic carbocycles. The molecule has 2 heterocycles. The first-order chi connectivity index (χ1) is 11.9. The maximum Gasteiger partial charge on any atom is 0.235 e. The predicted molar refractivity (Wildman–Crippen MR) is 99.0 cm³/mol. The highest BCUT2D eigenvalue weighted by Gasteiger charge is 2.29. The molecule has 8 heteroatoms. The van der Waals surface area contributed by atoms with Gasteiger partial charge in [0.2, 0.25) is 11.1 Å². The van der Waals surface area contributed by atoms with E-state index in [0.29, 0.717) is 22.0 Å². The van der Waals surface area contributed by atoms with E-state index < -0.39 is 0 Å². The zero-order valence-electron chi connectivity index (χ0n) is 14.6. The smallest absolute Gasteiger partial charge is 0.235 e. The minimum absolute atomic E-state index is 0.143. The van der Waals surface area contributed by atoms with Gasteiger partial charge in [-0.25, -0.2) is 0 Å². The molecule has 3 atom stereocenters. The van der Waals surface area contributed by atoms with Crippen molar-refractivity contribution in [3.8, 4) is 5.69 Å². The van der Waals surface area contributed by atoms with E-state index in [1.807, 2.05) is 24.0 Å². The first kappa shape index (κ1) is 18.2. The molecule has 1 saturated heterocycles. The van der Waals surface area contributed by atoms with Crippen molar-refractivity contribution in [2.24, 2.45) is 11.8 Å². The maximum atomic E-state index is 12.8. The zero-order chi connectivity index (χ0) is 18.0. The van der Waals surface area contributed by atoms with Crippen molar-refractivity contribution in [1.82, 2.24) is 25.1 Å². The number of halogens is 1. The van der Waals surface area contributed by atoms with E-state index in [-0.39, 0.29) is 11.2 Å². The lowest BCUT2D eigenvalue weighted by atomic mass is 9.92. The number of rotatable bonds is 4. The second kappa shape index (κ2) is 7.74. The average Bonchev–Trinajstić information content (AvgIpc) is 3.01. The molecule has 0 unspecified atom stereocenters. The van der Waals surface area contributed by atoms with Crippen LogP contribution in [0.15, 0.2) is 29.4 Å². The van der Waals surface area contributed by atoms with Crippen molar-refractivity contribution in [3.63, 3.8) is 0 Å². The van der Waals surface area contributed by atoms with E-state index in [2.05, 4.69) is 29.4 Å². The second-order valence-electron chi connectivity index (χ2n) is 6.80. The number of likely N-dealkylation sites (tertiary alicyclic amines) is 1. The Morgan fingerprint density at radius 1 is 1.32 bits per heavy atom. The molecular weight excluding hydrogens is 358 g/mol. The van der Waals surface area contributed by atoms with Gasteiger partial charge in [-0.2, -0.15) is 4.68 Å². The number of carbonyl (C=O) groups excluding carboxylic acids is 1. The van der Waals surface area contributed by atoms with Gasteiger partial charge in [-0.1, -0.05) is 43.3 Å². The minimum Gasteiger partial charge on any atom is -0.341 e. The molecule has 3 rings (SSSR count). The fraction of sp³-hybridized carbons (Fsp3) is 0.529. The van der Waals surface area contributed by atoms with Crippen LogP contribution in [-0.4, -0.2) is 49.4 Å². The standard InChI is InChI=1S/C17H22ClN5OS/c1-11-7-12(2)10-22(9-11)16(24)13(3)25-17-19-20-21-23(17)15-6-4-5-14(18)8-15/h4-6,8,11-13H,7,9-10H2,1-3H3/t11-,12-,13-/m1/s1. The molecular formula is C17H22ClN5OS. The molecule has 0 N–H and O–H groups in total. The van der Waals surface area contributed by atoms with Crippen molar-refractivity contribution in [3.05, 3.63) is 29.3 Å². The molecule has 0 aliphatic carbocycles. The fourth-order valence-corrected chi connectivity index (χ4v) is 4.41. The summed E-state index contributed by atoms with van der Waals surface area (Å²) in [6.07, 6.45) is 1.18. The summed E-state index contributed by atoms with van der Waals surface area (Å²) < 4.78 is 1.61. The SMILES string of the molecule is C[C@@H]1C[C@@H](C)CN(C(=O)[C@@H](C)Sc2nnnn2-c2cccc(Cl)c2)C1. The van der Waals surface area contributed by atoms with Crippen LogP contribution in [0.5, 0.6) is 0 Å². The third-order valence-corrected chi connectivity index (χ3v) is 5.56. The first-order valence-electron chi connectivity index (χ1n) is 8.43. The summed E-state index contributed by atoms with van der Waals surface area (Å²) in [5.74, 6) is 1.23. The zero-order valence-corrected chi connectivity index (χ0v) is 16.2. The van der Waals surface area contributed by atoms with E-state index in [0.717, 1.165) is 18.8 Å². The molecule has 25 heavy (non-hydrogen) atoms. The van der Waals surface area contributed by atoms with Gasteiger partial charge in [-0.3, -0.25) is 4.79 Å². The summed E-state index contributed by atoms with van der Waals surface area (Å²) in [6, 6.07) is 7.32. The van der Waals surface area contributed by atoms with Gasteiger partial charge in [-0.15, -0.1) is 5.10 Å². The molecule has 2 aromatic rings. The number of piperidine rings is 1. The fourth-order valence-electron chi connectivity index (χ4n) is 3.33. The van der Waals surface area contributed by atoms with Crippen LogP contribution in [0.3, 0.4) is 0 Å². The maximum absolute atomic E-state index is 12.8. The lowest BCUT2D eigenvalue weighted by Crippen LogP contribution is -2.45. The van der Waals surface area contributed by atoms with Gasteiger partial charge < -0.3 is 4.90 Å². The number of hydrogen-bond donors (Lipinski definition) is 0. The van der Waals surface area contributed by atoms with Crippen molar-refractivity contribution in [2.75, 3.05) is 13.1 Å². The number of tetrazole rings is 1. The van der Waals surface area contributed by atoms with Gasteiger partial charge in [0.15, 0.2) is 0 Å². The van der Waals surface area contributed by atoms with E-state index in [4.69, 9.17) is 11.6 Å². The van der Waals surface area contributed by atoms with E-state index >= 15 is 0 Å². The number of aromatic nitrogens is 4. The van der Waals surface area contributed by atoms with Gasteiger partial charge in [0.25, 0.3) is 0 Å². The Morgan fingerprint density at radius 3 is 2.72 bits per heavy atom. The predicted octanol–water partition coefficient (Wildman–Crippen LogP) is 3.30. The van der Waals surface area contributed by atoms with Gasteiger partial charge in [-0.05, 0) is 53.8 Å².